The minimum Gasteiger partial charge on any atom is -0.491 e. The van der Waals surface area contributed by atoms with E-state index in [0.717, 1.165) is 6.42 Å². The lowest BCUT2D eigenvalue weighted by Gasteiger charge is -2.12. The molecule has 0 aliphatic rings. The average molecular weight is 374 g/mol. The SMILES string of the molecule is CCCOc1ccccc1NC(=O)c1ccc(NC(=O)c2ccccc2)cc1. The van der Waals surface area contributed by atoms with Crippen molar-refractivity contribution in [3.8, 4) is 5.75 Å². The van der Waals surface area contributed by atoms with Crippen LogP contribution in [-0.2, 0) is 0 Å². The maximum atomic E-state index is 12.5. The average Bonchev–Trinajstić information content (AvgIpc) is 2.74. The van der Waals surface area contributed by atoms with Crippen LogP contribution in [0, 0.1) is 0 Å². The summed E-state index contributed by atoms with van der Waals surface area (Å²) in [5.74, 6) is 0.206. The number of carbonyl (C=O) groups excluding carboxylic acids is 2. The molecule has 0 aliphatic carbocycles. The van der Waals surface area contributed by atoms with Crippen molar-refractivity contribution < 1.29 is 14.3 Å². The summed E-state index contributed by atoms with van der Waals surface area (Å²) in [7, 11) is 0. The van der Waals surface area contributed by atoms with Crippen molar-refractivity contribution in [3.63, 3.8) is 0 Å². The van der Waals surface area contributed by atoms with Crippen LogP contribution in [0.25, 0.3) is 0 Å². The van der Waals surface area contributed by atoms with E-state index in [9.17, 15) is 9.59 Å². The van der Waals surface area contributed by atoms with Gasteiger partial charge in [-0.05, 0) is 55.0 Å². The van der Waals surface area contributed by atoms with Crippen molar-refractivity contribution in [1.29, 1.82) is 0 Å². The summed E-state index contributed by atoms with van der Waals surface area (Å²) >= 11 is 0. The van der Waals surface area contributed by atoms with E-state index in [-0.39, 0.29) is 11.8 Å². The van der Waals surface area contributed by atoms with Gasteiger partial charge < -0.3 is 15.4 Å². The first-order valence-corrected chi connectivity index (χ1v) is 9.17. The maximum Gasteiger partial charge on any atom is 0.255 e. The number of benzene rings is 3. The van der Waals surface area contributed by atoms with Gasteiger partial charge >= 0.3 is 0 Å². The predicted octanol–water partition coefficient (Wildman–Crippen LogP) is 4.98. The van der Waals surface area contributed by atoms with Crippen LogP contribution in [0.15, 0.2) is 78.9 Å². The van der Waals surface area contributed by atoms with Gasteiger partial charge in [-0.15, -0.1) is 0 Å². The molecule has 0 aromatic heterocycles. The Labute approximate surface area is 164 Å². The topological polar surface area (TPSA) is 67.4 Å². The molecule has 5 heteroatoms. The number of nitrogens with one attached hydrogen (secondary N) is 2. The van der Waals surface area contributed by atoms with E-state index < -0.39 is 0 Å². The van der Waals surface area contributed by atoms with Crippen molar-refractivity contribution in [3.05, 3.63) is 90.0 Å². The van der Waals surface area contributed by atoms with E-state index in [0.29, 0.717) is 34.9 Å². The molecule has 0 aliphatic heterocycles. The molecule has 142 valence electrons. The summed E-state index contributed by atoms with van der Waals surface area (Å²) in [4.78, 5) is 24.7. The first kappa shape index (κ1) is 19.2. The number of anilines is 2. The third-order valence-corrected chi connectivity index (χ3v) is 4.04. The molecule has 0 radical (unpaired) electrons. The molecule has 5 nitrogen and oxygen atoms in total. The molecule has 0 saturated heterocycles. The number of amides is 2. The third kappa shape index (κ3) is 4.98. The quantitative estimate of drug-likeness (QED) is 0.613. The van der Waals surface area contributed by atoms with Crippen LogP contribution in [0.2, 0.25) is 0 Å². The number of ether oxygens (including phenoxy) is 1. The highest BCUT2D eigenvalue weighted by atomic mass is 16.5. The maximum absolute atomic E-state index is 12.5. The van der Waals surface area contributed by atoms with Gasteiger partial charge in [0.1, 0.15) is 5.75 Å². The lowest BCUT2D eigenvalue weighted by molar-refractivity contribution is 0.101. The van der Waals surface area contributed by atoms with E-state index in [4.69, 9.17) is 4.74 Å². The summed E-state index contributed by atoms with van der Waals surface area (Å²) in [6, 6.07) is 23.1. The Hall–Kier alpha value is -3.60. The van der Waals surface area contributed by atoms with E-state index >= 15 is 0 Å². The van der Waals surface area contributed by atoms with Crippen molar-refractivity contribution in [2.24, 2.45) is 0 Å². The number of hydrogen-bond donors (Lipinski definition) is 2. The smallest absolute Gasteiger partial charge is 0.255 e. The Bertz CT molecular complexity index is 938. The molecular weight excluding hydrogens is 352 g/mol. The Morgan fingerprint density at radius 3 is 2.07 bits per heavy atom. The normalized spacial score (nSPS) is 10.2. The monoisotopic (exact) mass is 374 g/mol. The van der Waals surface area contributed by atoms with Crippen molar-refractivity contribution in [2.45, 2.75) is 13.3 Å². The van der Waals surface area contributed by atoms with Crippen LogP contribution >= 0.6 is 0 Å². The second-order valence-corrected chi connectivity index (χ2v) is 6.20. The fourth-order valence-corrected chi connectivity index (χ4v) is 2.60. The molecule has 0 saturated carbocycles. The van der Waals surface area contributed by atoms with Crippen molar-refractivity contribution in [2.75, 3.05) is 17.2 Å². The summed E-state index contributed by atoms with van der Waals surface area (Å²) in [6.07, 6.45) is 0.887. The van der Waals surface area contributed by atoms with Crippen molar-refractivity contribution >= 4 is 23.2 Å². The van der Waals surface area contributed by atoms with E-state index in [1.54, 1.807) is 42.5 Å². The molecule has 2 amide bonds. The van der Waals surface area contributed by atoms with Gasteiger partial charge in [-0.1, -0.05) is 37.3 Å². The minimum atomic E-state index is -0.242. The Morgan fingerprint density at radius 1 is 0.750 bits per heavy atom. The largest absolute Gasteiger partial charge is 0.491 e. The lowest BCUT2D eigenvalue weighted by atomic mass is 10.1. The number of rotatable bonds is 7. The van der Waals surface area contributed by atoms with E-state index in [2.05, 4.69) is 10.6 Å². The molecule has 0 spiro atoms. The first-order chi connectivity index (χ1) is 13.7. The summed E-state index contributed by atoms with van der Waals surface area (Å²) in [5, 5.41) is 5.69. The molecule has 28 heavy (non-hydrogen) atoms. The molecule has 0 fully saturated rings. The second kappa shape index (κ2) is 9.37. The molecule has 3 aromatic carbocycles. The third-order valence-electron chi connectivity index (χ3n) is 4.04. The Balaban J connectivity index is 1.65. The van der Waals surface area contributed by atoms with Gasteiger partial charge in [0, 0.05) is 16.8 Å². The van der Waals surface area contributed by atoms with E-state index in [1.807, 2.05) is 43.3 Å². The van der Waals surface area contributed by atoms with Gasteiger partial charge in [-0.25, -0.2) is 0 Å². The first-order valence-electron chi connectivity index (χ1n) is 9.17. The molecule has 0 heterocycles. The molecule has 0 atom stereocenters. The fourth-order valence-electron chi connectivity index (χ4n) is 2.60. The molecule has 0 unspecified atom stereocenters. The van der Waals surface area contributed by atoms with Crippen molar-refractivity contribution in [1.82, 2.24) is 0 Å². The fraction of sp³-hybridized carbons (Fsp3) is 0.130. The molecule has 3 aromatic rings. The number of carbonyl (C=O) groups is 2. The summed E-state index contributed by atoms with van der Waals surface area (Å²) in [5.41, 5.74) is 2.32. The highest BCUT2D eigenvalue weighted by Crippen LogP contribution is 2.24. The summed E-state index contributed by atoms with van der Waals surface area (Å²) in [6.45, 7) is 2.61. The zero-order valence-electron chi connectivity index (χ0n) is 15.6. The number of para-hydroxylation sites is 2. The van der Waals surface area contributed by atoms with Gasteiger partial charge in [0.25, 0.3) is 11.8 Å². The van der Waals surface area contributed by atoms with Gasteiger partial charge in [0.15, 0.2) is 0 Å². The highest BCUT2D eigenvalue weighted by molar-refractivity contribution is 6.06. The molecule has 2 N–H and O–H groups in total. The lowest BCUT2D eigenvalue weighted by Crippen LogP contribution is -2.14. The molecule has 0 bridgehead atoms. The van der Waals surface area contributed by atoms with Crippen LogP contribution in [-0.4, -0.2) is 18.4 Å². The van der Waals surface area contributed by atoms with Gasteiger partial charge in [-0.2, -0.15) is 0 Å². The van der Waals surface area contributed by atoms with Gasteiger partial charge in [0.2, 0.25) is 0 Å². The minimum absolute atomic E-state index is 0.195. The Kier molecular flexibility index (Phi) is 6.41. The molecular formula is C23H22N2O3. The number of hydrogen-bond acceptors (Lipinski definition) is 3. The van der Waals surface area contributed by atoms with E-state index in [1.165, 1.54) is 0 Å². The second-order valence-electron chi connectivity index (χ2n) is 6.20. The predicted molar refractivity (Wildman–Crippen MR) is 111 cm³/mol. The van der Waals surface area contributed by atoms with Gasteiger partial charge in [-0.3, -0.25) is 9.59 Å². The standard InChI is InChI=1S/C23H22N2O3/c1-2-16-28-21-11-7-6-10-20(21)25-23(27)18-12-14-19(15-13-18)24-22(26)17-8-4-3-5-9-17/h3-15H,2,16H2,1H3,(H,24,26)(H,25,27). The highest BCUT2D eigenvalue weighted by Gasteiger charge is 2.11. The van der Waals surface area contributed by atoms with Crippen LogP contribution in [0.1, 0.15) is 34.1 Å². The van der Waals surface area contributed by atoms with Crippen LogP contribution in [0.3, 0.4) is 0 Å². The van der Waals surface area contributed by atoms with Crippen LogP contribution in [0.4, 0.5) is 11.4 Å². The molecule has 3 rings (SSSR count). The summed E-state index contributed by atoms with van der Waals surface area (Å²) < 4.78 is 5.67. The van der Waals surface area contributed by atoms with Crippen LogP contribution < -0.4 is 15.4 Å². The Morgan fingerprint density at radius 2 is 1.36 bits per heavy atom. The van der Waals surface area contributed by atoms with Gasteiger partial charge in [0.05, 0.1) is 12.3 Å². The van der Waals surface area contributed by atoms with Crippen LogP contribution in [0.5, 0.6) is 5.75 Å². The zero-order valence-corrected chi connectivity index (χ0v) is 15.6. The zero-order chi connectivity index (χ0) is 19.8.